The predicted molar refractivity (Wildman–Crippen MR) is 38.6 cm³/mol. The molecule has 0 spiro atoms. The summed E-state index contributed by atoms with van der Waals surface area (Å²) in [5.41, 5.74) is 0. The average Bonchev–Trinajstić information content (AvgIpc) is 1.88. The van der Waals surface area contributed by atoms with Crippen molar-refractivity contribution in [3.05, 3.63) is 0 Å². The van der Waals surface area contributed by atoms with Gasteiger partial charge in [-0.3, -0.25) is 4.79 Å². The lowest BCUT2D eigenvalue weighted by atomic mass is 10.2. The molecule has 0 saturated carbocycles. The van der Waals surface area contributed by atoms with Crippen LogP contribution in [0.2, 0.25) is 0 Å². The van der Waals surface area contributed by atoms with Crippen LogP contribution in [0.5, 0.6) is 0 Å². The molecule has 0 aromatic rings. The quantitative estimate of drug-likeness (QED) is 0.582. The monoisotopic (exact) mass is 143 g/mol. The minimum atomic E-state index is -0.0232. The summed E-state index contributed by atoms with van der Waals surface area (Å²) in [5, 5.41) is 2.66. The van der Waals surface area contributed by atoms with Crippen molar-refractivity contribution in [1.29, 1.82) is 0 Å². The number of hydrogen-bond donors (Lipinski definition) is 1. The van der Waals surface area contributed by atoms with Crippen LogP contribution in [0.15, 0.2) is 0 Å². The van der Waals surface area contributed by atoms with Crippen molar-refractivity contribution >= 4 is 12.2 Å². The fraction of sp³-hybridized carbons (Fsp3) is 0.714. The molecule has 0 saturated heterocycles. The molecule has 0 bridgehead atoms. The van der Waals surface area contributed by atoms with Crippen LogP contribution in [-0.2, 0) is 9.59 Å². The maximum atomic E-state index is 10.7. The third-order valence-electron chi connectivity index (χ3n) is 1.18. The molecule has 1 unspecified atom stereocenters. The van der Waals surface area contributed by atoms with Crippen molar-refractivity contribution < 1.29 is 9.59 Å². The first kappa shape index (κ1) is 9.14. The van der Waals surface area contributed by atoms with Gasteiger partial charge in [-0.05, 0) is 6.92 Å². The second kappa shape index (κ2) is 4.97. The summed E-state index contributed by atoms with van der Waals surface area (Å²) < 4.78 is 0. The molecule has 1 amide bonds. The van der Waals surface area contributed by atoms with Crippen molar-refractivity contribution in [2.45, 2.75) is 32.7 Å². The first-order chi connectivity index (χ1) is 4.70. The lowest BCUT2D eigenvalue weighted by molar-refractivity contribution is -0.121. The summed E-state index contributed by atoms with van der Waals surface area (Å²) in [7, 11) is 0. The highest BCUT2D eigenvalue weighted by molar-refractivity contribution is 5.76. The zero-order chi connectivity index (χ0) is 7.98. The van der Waals surface area contributed by atoms with Crippen molar-refractivity contribution in [2.75, 3.05) is 0 Å². The lowest BCUT2D eigenvalue weighted by Gasteiger charge is -2.08. The number of rotatable bonds is 4. The summed E-state index contributed by atoms with van der Waals surface area (Å²) in [4.78, 5) is 20.6. The Kier molecular flexibility index (Phi) is 4.54. The van der Waals surface area contributed by atoms with Gasteiger partial charge in [0.1, 0.15) is 6.29 Å². The number of amides is 1. The molecule has 0 rings (SSSR count). The normalized spacial score (nSPS) is 12.2. The van der Waals surface area contributed by atoms with Gasteiger partial charge in [-0.1, -0.05) is 6.92 Å². The van der Waals surface area contributed by atoms with E-state index in [0.29, 0.717) is 12.8 Å². The van der Waals surface area contributed by atoms with Gasteiger partial charge >= 0.3 is 0 Å². The molecule has 0 aliphatic heterocycles. The highest BCUT2D eigenvalue weighted by atomic mass is 16.1. The van der Waals surface area contributed by atoms with Crippen molar-refractivity contribution in [3.63, 3.8) is 0 Å². The predicted octanol–water partition coefficient (Wildman–Crippen LogP) is 0.490. The Balaban J connectivity index is 3.46. The van der Waals surface area contributed by atoms with E-state index in [4.69, 9.17) is 0 Å². The van der Waals surface area contributed by atoms with Gasteiger partial charge in [-0.2, -0.15) is 0 Å². The number of carbonyl (C=O) groups excluding carboxylic acids is 2. The Morgan fingerprint density at radius 1 is 1.70 bits per heavy atom. The van der Waals surface area contributed by atoms with Gasteiger partial charge in [0.05, 0.1) is 0 Å². The third kappa shape index (κ3) is 4.06. The number of nitrogens with one attached hydrogen (secondary N) is 1. The van der Waals surface area contributed by atoms with Crippen LogP contribution >= 0.6 is 0 Å². The largest absolute Gasteiger partial charge is 0.353 e. The molecule has 0 aliphatic carbocycles. The fourth-order valence-corrected chi connectivity index (χ4v) is 0.580. The van der Waals surface area contributed by atoms with Crippen LogP contribution in [0.25, 0.3) is 0 Å². The topological polar surface area (TPSA) is 46.2 Å². The Morgan fingerprint density at radius 2 is 2.30 bits per heavy atom. The highest BCUT2D eigenvalue weighted by Gasteiger charge is 2.02. The molecule has 0 aliphatic rings. The maximum Gasteiger partial charge on any atom is 0.219 e. The van der Waals surface area contributed by atoms with Gasteiger partial charge in [-0.25, -0.2) is 0 Å². The van der Waals surface area contributed by atoms with Crippen LogP contribution in [-0.4, -0.2) is 18.2 Å². The molecule has 0 fully saturated rings. The zero-order valence-corrected chi connectivity index (χ0v) is 6.39. The van der Waals surface area contributed by atoms with Crippen LogP contribution in [0, 0.1) is 0 Å². The fourth-order valence-electron chi connectivity index (χ4n) is 0.580. The minimum absolute atomic E-state index is 0.00523. The first-order valence-corrected chi connectivity index (χ1v) is 3.43. The van der Waals surface area contributed by atoms with Crippen molar-refractivity contribution in [1.82, 2.24) is 5.32 Å². The second-order valence-corrected chi connectivity index (χ2v) is 2.22. The van der Waals surface area contributed by atoms with E-state index in [9.17, 15) is 9.59 Å². The van der Waals surface area contributed by atoms with Gasteiger partial charge in [0.2, 0.25) is 5.91 Å². The first-order valence-electron chi connectivity index (χ1n) is 3.43. The summed E-state index contributed by atoms with van der Waals surface area (Å²) in [5.74, 6) is -0.00523. The lowest BCUT2D eigenvalue weighted by Crippen LogP contribution is -2.31. The molecule has 0 heterocycles. The number of hydrogen-bond acceptors (Lipinski definition) is 2. The molecule has 3 nitrogen and oxygen atoms in total. The Labute approximate surface area is 60.8 Å². The number of carbonyl (C=O) groups is 2. The van der Waals surface area contributed by atoms with Crippen LogP contribution < -0.4 is 5.32 Å². The standard InChI is InChI=1S/C7H13NO2/c1-3-7(10)8-6(2)4-5-9/h5-6H,3-4H2,1-2H3,(H,8,10). The smallest absolute Gasteiger partial charge is 0.219 e. The van der Waals surface area contributed by atoms with E-state index in [1.807, 2.05) is 6.92 Å². The third-order valence-corrected chi connectivity index (χ3v) is 1.18. The van der Waals surface area contributed by atoms with E-state index in [1.54, 1.807) is 6.92 Å². The number of aldehydes is 1. The molecule has 10 heavy (non-hydrogen) atoms. The molecule has 0 radical (unpaired) electrons. The maximum absolute atomic E-state index is 10.7. The second-order valence-electron chi connectivity index (χ2n) is 2.22. The van der Waals surface area contributed by atoms with Crippen LogP contribution in [0.3, 0.4) is 0 Å². The van der Waals surface area contributed by atoms with E-state index in [0.717, 1.165) is 6.29 Å². The van der Waals surface area contributed by atoms with Gasteiger partial charge in [-0.15, -0.1) is 0 Å². The highest BCUT2D eigenvalue weighted by Crippen LogP contribution is 1.86. The Bertz CT molecular complexity index is 123. The summed E-state index contributed by atoms with van der Waals surface area (Å²) in [6.07, 6.45) is 1.68. The van der Waals surface area contributed by atoms with Gasteiger partial charge in [0.25, 0.3) is 0 Å². The van der Waals surface area contributed by atoms with Gasteiger partial charge in [0.15, 0.2) is 0 Å². The van der Waals surface area contributed by atoms with Gasteiger partial charge < -0.3 is 10.1 Å². The van der Waals surface area contributed by atoms with E-state index in [1.165, 1.54) is 0 Å². The average molecular weight is 143 g/mol. The minimum Gasteiger partial charge on any atom is -0.353 e. The summed E-state index contributed by atoms with van der Waals surface area (Å²) >= 11 is 0. The van der Waals surface area contributed by atoms with E-state index in [-0.39, 0.29) is 11.9 Å². The Hall–Kier alpha value is -0.860. The summed E-state index contributed by atoms with van der Waals surface area (Å²) in [6.45, 7) is 3.59. The molecule has 0 aromatic heterocycles. The Morgan fingerprint density at radius 3 is 2.70 bits per heavy atom. The molecule has 3 heteroatoms. The summed E-state index contributed by atoms with van der Waals surface area (Å²) in [6, 6.07) is -0.0232. The zero-order valence-electron chi connectivity index (χ0n) is 6.39. The van der Waals surface area contributed by atoms with E-state index >= 15 is 0 Å². The molecular weight excluding hydrogens is 130 g/mol. The molecule has 1 N–H and O–H groups in total. The van der Waals surface area contributed by atoms with Crippen LogP contribution in [0.4, 0.5) is 0 Å². The van der Waals surface area contributed by atoms with Crippen molar-refractivity contribution in [3.8, 4) is 0 Å². The van der Waals surface area contributed by atoms with Gasteiger partial charge in [0, 0.05) is 18.9 Å². The molecule has 0 aromatic carbocycles. The SMILES string of the molecule is CCC(=O)NC(C)CC=O. The van der Waals surface area contributed by atoms with E-state index in [2.05, 4.69) is 5.32 Å². The van der Waals surface area contributed by atoms with E-state index < -0.39 is 0 Å². The molecule has 58 valence electrons. The molecule has 1 atom stereocenters. The molecular formula is C7H13NO2. The van der Waals surface area contributed by atoms with Crippen LogP contribution in [0.1, 0.15) is 26.7 Å². The van der Waals surface area contributed by atoms with Crippen molar-refractivity contribution in [2.24, 2.45) is 0 Å².